The Morgan fingerprint density at radius 1 is 1.32 bits per heavy atom. The smallest absolute Gasteiger partial charge is 0.226 e. The molecule has 3 aromatic rings. The standard InChI is InChI=1S/C25H27N5O3S/c1-2-33-20-8-16-11-26-10-15(16)7-19(20)29-23-22-18-4-3-14(25(32)30-6-5-17(31)12-30)9-21(18)34-24(22)28-13-27-23/h7-8,10,13-14,17,31H,2-6,9,11-12H2,1H3,(H,27,28,29)/t14?,17-/m0/s1. The van der Waals surface area contributed by atoms with Gasteiger partial charge in [-0.05, 0) is 61.4 Å². The highest BCUT2D eigenvalue weighted by Crippen LogP contribution is 2.42. The first-order chi connectivity index (χ1) is 16.6. The number of carbonyl (C=O) groups excluding carboxylic acids is 1. The molecule has 0 radical (unpaired) electrons. The highest BCUT2D eigenvalue weighted by molar-refractivity contribution is 7.19. The van der Waals surface area contributed by atoms with E-state index in [0.29, 0.717) is 32.7 Å². The number of benzene rings is 1. The van der Waals surface area contributed by atoms with Gasteiger partial charge in [0.15, 0.2) is 0 Å². The van der Waals surface area contributed by atoms with E-state index >= 15 is 0 Å². The lowest BCUT2D eigenvalue weighted by Gasteiger charge is -2.26. The van der Waals surface area contributed by atoms with Crippen molar-refractivity contribution < 1.29 is 14.6 Å². The number of aromatic nitrogens is 2. The van der Waals surface area contributed by atoms with E-state index in [0.717, 1.165) is 57.9 Å². The van der Waals surface area contributed by atoms with Crippen molar-refractivity contribution in [2.45, 2.75) is 45.3 Å². The summed E-state index contributed by atoms with van der Waals surface area (Å²) in [5.41, 5.74) is 4.37. The number of aliphatic hydroxyl groups excluding tert-OH is 1. The molecule has 2 atom stereocenters. The summed E-state index contributed by atoms with van der Waals surface area (Å²) in [6, 6.07) is 4.13. The fraction of sp³-hybridized carbons (Fsp3) is 0.440. The molecule has 1 aromatic carbocycles. The number of hydrogen-bond donors (Lipinski definition) is 2. The predicted octanol–water partition coefficient (Wildman–Crippen LogP) is 3.46. The van der Waals surface area contributed by atoms with Crippen LogP contribution in [0, 0.1) is 5.92 Å². The molecule has 1 amide bonds. The van der Waals surface area contributed by atoms with E-state index in [-0.39, 0.29) is 17.9 Å². The van der Waals surface area contributed by atoms with Gasteiger partial charge in [-0.15, -0.1) is 11.3 Å². The first kappa shape index (κ1) is 21.5. The number of anilines is 2. The highest BCUT2D eigenvalue weighted by Gasteiger charge is 2.34. The topological polar surface area (TPSA) is 99.9 Å². The van der Waals surface area contributed by atoms with Crippen LogP contribution < -0.4 is 10.1 Å². The molecule has 2 aromatic heterocycles. The zero-order valence-corrected chi connectivity index (χ0v) is 19.9. The van der Waals surface area contributed by atoms with Crippen molar-refractivity contribution in [1.82, 2.24) is 14.9 Å². The molecule has 0 spiro atoms. The molecule has 2 N–H and O–H groups in total. The molecule has 176 valence electrons. The summed E-state index contributed by atoms with van der Waals surface area (Å²) in [6.45, 7) is 4.35. The SMILES string of the molecule is CCOc1cc2c(cc1Nc1ncnc3sc4c(c13)CCC(C(=O)N1CC[C@H](O)C1)C4)C=NC2. The number of rotatable bonds is 5. The van der Waals surface area contributed by atoms with E-state index in [1.54, 1.807) is 17.7 Å². The molecule has 1 unspecified atom stereocenters. The Morgan fingerprint density at radius 2 is 2.24 bits per heavy atom. The quantitative estimate of drug-likeness (QED) is 0.584. The lowest BCUT2D eigenvalue weighted by atomic mass is 9.87. The number of nitrogens with one attached hydrogen (secondary N) is 1. The maximum absolute atomic E-state index is 13.0. The first-order valence-electron chi connectivity index (χ1n) is 11.9. The third-order valence-electron chi connectivity index (χ3n) is 6.96. The molecular formula is C25H27N5O3S. The Labute approximate surface area is 201 Å². The summed E-state index contributed by atoms with van der Waals surface area (Å²) in [5.74, 6) is 1.70. The van der Waals surface area contributed by atoms with Crippen LogP contribution in [0.5, 0.6) is 5.75 Å². The molecule has 4 heterocycles. The summed E-state index contributed by atoms with van der Waals surface area (Å²) in [6.07, 6.45) is 6.13. The van der Waals surface area contributed by atoms with Crippen LogP contribution in [0.3, 0.4) is 0 Å². The monoisotopic (exact) mass is 477 g/mol. The first-order valence-corrected chi connectivity index (χ1v) is 12.7. The van der Waals surface area contributed by atoms with Crippen molar-refractivity contribution >= 4 is 45.2 Å². The summed E-state index contributed by atoms with van der Waals surface area (Å²) in [5, 5.41) is 14.4. The molecule has 8 nitrogen and oxygen atoms in total. The number of aliphatic imine (C=N–C) groups is 1. The van der Waals surface area contributed by atoms with Gasteiger partial charge in [-0.2, -0.15) is 0 Å². The van der Waals surface area contributed by atoms with E-state index in [9.17, 15) is 9.90 Å². The maximum Gasteiger partial charge on any atom is 0.226 e. The summed E-state index contributed by atoms with van der Waals surface area (Å²) in [4.78, 5) is 30.5. The number of β-amino-alcohol motifs (C(OH)–C–C–N with tert-alkyl or cyclic N) is 1. The fourth-order valence-corrected chi connectivity index (χ4v) is 6.52. The number of nitrogens with zero attached hydrogens (tertiary/aromatic N) is 4. The van der Waals surface area contributed by atoms with Crippen LogP contribution in [0.15, 0.2) is 23.5 Å². The van der Waals surface area contributed by atoms with Crippen molar-refractivity contribution in [3.05, 3.63) is 40.0 Å². The van der Waals surface area contributed by atoms with Crippen LogP contribution in [-0.4, -0.2) is 57.9 Å². The van der Waals surface area contributed by atoms with Gasteiger partial charge in [0.1, 0.15) is 22.7 Å². The molecule has 1 fully saturated rings. The lowest BCUT2D eigenvalue weighted by Crippen LogP contribution is -2.37. The Kier molecular flexibility index (Phi) is 5.45. The summed E-state index contributed by atoms with van der Waals surface area (Å²) in [7, 11) is 0. The summed E-state index contributed by atoms with van der Waals surface area (Å²) >= 11 is 1.66. The third-order valence-corrected chi connectivity index (χ3v) is 8.12. The normalized spacial score (nSPS) is 21.1. The fourth-order valence-electron chi connectivity index (χ4n) is 5.25. The van der Waals surface area contributed by atoms with Crippen molar-refractivity contribution in [2.75, 3.05) is 25.0 Å². The molecule has 1 saturated heterocycles. The van der Waals surface area contributed by atoms with Crippen LogP contribution in [0.4, 0.5) is 11.5 Å². The lowest BCUT2D eigenvalue weighted by molar-refractivity contribution is -0.135. The van der Waals surface area contributed by atoms with Gasteiger partial charge in [0.05, 0.1) is 30.3 Å². The van der Waals surface area contributed by atoms with Crippen LogP contribution in [-0.2, 0) is 24.2 Å². The number of amides is 1. The second-order valence-electron chi connectivity index (χ2n) is 9.15. The number of fused-ring (bicyclic) bond motifs is 4. The zero-order valence-electron chi connectivity index (χ0n) is 19.1. The van der Waals surface area contributed by atoms with Gasteiger partial charge < -0.3 is 20.1 Å². The minimum absolute atomic E-state index is 0.0317. The van der Waals surface area contributed by atoms with Crippen LogP contribution >= 0.6 is 11.3 Å². The molecule has 0 bridgehead atoms. The maximum atomic E-state index is 13.0. The predicted molar refractivity (Wildman–Crippen MR) is 132 cm³/mol. The van der Waals surface area contributed by atoms with Gasteiger partial charge in [0, 0.05) is 30.1 Å². The van der Waals surface area contributed by atoms with Gasteiger partial charge >= 0.3 is 0 Å². The number of carbonyl (C=O) groups is 1. The number of likely N-dealkylation sites (tertiary alicyclic amines) is 1. The Hall–Kier alpha value is -3.04. The van der Waals surface area contributed by atoms with Crippen molar-refractivity contribution in [3.8, 4) is 5.75 Å². The molecule has 2 aliphatic heterocycles. The average molecular weight is 478 g/mol. The van der Waals surface area contributed by atoms with Crippen molar-refractivity contribution in [3.63, 3.8) is 0 Å². The second-order valence-corrected chi connectivity index (χ2v) is 10.2. The second kappa shape index (κ2) is 8.63. The van der Waals surface area contributed by atoms with Gasteiger partial charge in [-0.3, -0.25) is 9.79 Å². The molecule has 3 aliphatic rings. The molecule has 0 saturated carbocycles. The van der Waals surface area contributed by atoms with E-state index < -0.39 is 0 Å². The number of hydrogen-bond acceptors (Lipinski definition) is 8. The molecule has 1 aliphatic carbocycles. The third kappa shape index (κ3) is 3.73. The van der Waals surface area contributed by atoms with Crippen LogP contribution in [0.2, 0.25) is 0 Å². The summed E-state index contributed by atoms with van der Waals surface area (Å²) < 4.78 is 5.92. The largest absolute Gasteiger partial charge is 0.492 e. The number of ether oxygens (including phenoxy) is 1. The number of aryl methyl sites for hydroxylation is 1. The molecule has 34 heavy (non-hydrogen) atoms. The molecular weight excluding hydrogens is 450 g/mol. The minimum Gasteiger partial charge on any atom is -0.492 e. The number of thiophene rings is 1. The number of aliphatic hydroxyl groups is 1. The van der Waals surface area contributed by atoms with Gasteiger partial charge in [0.2, 0.25) is 5.91 Å². The zero-order chi connectivity index (χ0) is 23.2. The highest BCUT2D eigenvalue weighted by atomic mass is 32.1. The Morgan fingerprint density at radius 3 is 3.06 bits per heavy atom. The van der Waals surface area contributed by atoms with E-state index in [2.05, 4.69) is 32.4 Å². The van der Waals surface area contributed by atoms with Crippen molar-refractivity contribution in [1.29, 1.82) is 0 Å². The van der Waals surface area contributed by atoms with Crippen molar-refractivity contribution in [2.24, 2.45) is 10.9 Å². The van der Waals surface area contributed by atoms with Gasteiger partial charge in [0.25, 0.3) is 0 Å². The molecule has 9 heteroatoms. The van der Waals surface area contributed by atoms with E-state index in [1.807, 2.05) is 18.0 Å². The molecule has 6 rings (SSSR count). The Bertz CT molecular complexity index is 1300. The Balaban J connectivity index is 1.31. The van der Waals surface area contributed by atoms with E-state index in [4.69, 9.17) is 4.74 Å². The van der Waals surface area contributed by atoms with Crippen LogP contribution in [0.25, 0.3) is 10.2 Å². The van der Waals surface area contributed by atoms with Gasteiger partial charge in [-0.25, -0.2) is 9.97 Å². The van der Waals surface area contributed by atoms with Gasteiger partial charge in [-0.1, -0.05) is 0 Å². The van der Waals surface area contributed by atoms with E-state index in [1.165, 1.54) is 10.4 Å². The van der Waals surface area contributed by atoms with Crippen LogP contribution in [0.1, 0.15) is 41.3 Å². The average Bonchev–Trinajstić information content (AvgIpc) is 3.56. The minimum atomic E-state index is -0.386.